The molecule has 68 valence electrons. The van der Waals surface area contributed by atoms with Gasteiger partial charge in [-0.15, -0.1) is 0 Å². The third-order valence-electron chi connectivity index (χ3n) is 1.21. The first-order valence-electron chi connectivity index (χ1n) is 3.44. The summed E-state index contributed by atoms with van der Waals surface area (Å²) in [6.45, 7) is 1.21. The van der Waals surface area contributed by atoms with E-state index in [0.717, 1.165) is 6.20 Å². The Morgan fingerprint density at radius 2 is 2.15 bits per heavy atom. The van der Waals surface area contributed by atoms with Gasteiger partial charge in [0.2, 0.25) is 0 Å². The summed E-state index contributed by atoms with van der Waals surface area (Å²) in [5.41, 5.74) is -0.126. The van der Waals surface area contributed by atoms with Crippen LogP contribution in [0.5, 0.6) is 5.75 Å². The van der Waals surface area contributed by atoms with Crippen molar-refractivity contribution < 1.29 is 19.4 Å². The van der Waals surface area contributed by atoms with E-state index in [4.69, 9.17) is 0 Å². The molecule has 0 saturated carbocycles. The van der Waals surface area contributed by atoms with Crippen molar-refractivity contribution in [1.82, 2.24) is 4.98 Å². The van der Waals surface area contributed by atoms with E-state index in [1.54, 1.807) is 0 Å². The minimum absolute atomic E-state index is 0.0919. The maximum atomic E-state index is 10.5. The minimum atomic E-state index is -1.36. The van der Waals surface area contributed by atoms with Crippen LogP contribution < -0.4 is 9.84 Å². The van der Waals surface area contributed by atoms with Gasteiger partial charge in [0.25, 0.3) is 0 Å². The molecule has 1 aromatic rings. The molecule has 0 aliphatic rings. The standard InChI is InChI=1S/C8H7NO4/c1-5(10)13-7-2-6(8(11)12)3-9-4-7/h2-4H,1H3,(H,11,12)/p-1. The summed E-state index contributed by atoms with van der Waals surface area (Å²) < 4.78 is 4.61. The molecule has 13 heavy (non-hydrogen) atoms. The number of hydrogen-bond acceptors (Lipinski definition) is 5. The second-order valence-corrected chi connectivity index (χ2v) is 2.29. The van der Waals surface area contributed by atoms with Crippen LogP contribution in [0.2, 0.25) is 0 Å². The summed E-state index contributed by atoms with van der Waals surface area (Å²) in [4.78, 5) is 24.4. The molecule has 0 bridgehead atoms. The molecule has 0 aliphatic carbocycles. The van der Waals surface area contributed by atoms with E-state index in [2.05, 4.69) is 9.72 Å². The van der Waals surface area contributed by atoms with Crippen LogP contribution >= 0.6 is 0 Å². The van der Waals surface area contributed by atoms with Crippen molar-refractivity contribution in [3.63, 3.8) is 0 Å². The number of ether oxygens (including phenoxy) is 1. The van der Waals surface area contributed by atoms with E-state index in [1.807, 2.05) is 0 Å². The molecule has 1 aromatic heterocycles. The van der Waals surface area contributed by atoms with Crippen LogP contribution in [-0.4, -0.2) is 16.9 Å². The zero-order valence-electron chi connectivity index (χ0n) is 6.81. The Bertz CT molecular complexity index is 348. The van der Waals surface area contributed by atoms with E-state index in [9.17, 15) is 14.7 Å². The normalized spacial score (nSPS) is 9.31. The molecule has 0 atom stereocenters. The minimum Gasteiger partial charge on any atom is -0.545 e. The van der Waals surface area contributed by atoms with Gasteiger partial charge < -0.3 is 14.6 Å². The maximum absolute atomic E-state index is 10.5. The number of nitrogens with zero attached hydrogens (tertiary/aromatic N) is 1. The molecule has 0 amide bonds. The van der Waals surface area contributed by atoms with Gasteiger partial charge in [-0.3, -0.25) is 9.78 Å². The molecule has 1 rings (SSSR count). The highest BCUT2D eigenvalue weighted by Gasteiger charge is 2.00. The quantitative estimate of drug-likeness (QED) is 0.566. The predicted molar refractivity (Wildman–Crippen MR) is 39.9 cm³/mol. The fourth-order valence-corrected chi connectivity index (χ4v) is 0.752. The highest BCUT2D eigenvalue weighted by Crippen LogP contribution is 2.10. The molecule has 0 unspecified atom stereocenters. The first-order chi connectivity index (χ1) is 6.09. The SMILES string of the molecule is CC(=O)Oc1cncc(C(=O)[O-])c1. The number of carboxylic acid groups (broad SMARTS) is 1. The maximum Gasteiger partial charge on any atom is 0.308 e. The van der Waals surface area contributed by atoms with Crippen molar-refractivity contribution in [3.05, 3.63) is 24.0 Å². The number of aromatic nitrogens is 1. The van der Waals surface area contributed by atoms with Crippen molar-refractivity contribution in [3.8, 4) is 5.75 Å². The highest BCUT2D eigenvalue weighted by molar-refractivity contribution is 5.86. The van der Waals surface area contributed by atoms with Gasteiger partial charge in [0.1, 0.15) is 5.75 Å². The van der Waals surface area contributed by atoms with E-state index in [-0.39, 0.29) is 11.3 Å². The van der Waals surface area contributed by atoms with Crippen LogP contribution in [0.3, 0.4) is 0 Å². The molecule has 5 nitrogen and oxygen atoms in total. The topological polar surface area (TPSA) is 79.3 Å². The number of carbonyl (C=O) groups is 2. The molecule has 0 radical (unpaired) electrons. The van der Waals surface area contributed by atoms with Gasteiger partial charge in [-0.1, -0.05) is 0 Å². The molecular formula is C8H6NO4-. The fraction of sp³-hybridized carbons (Fsp3) is 0.125. The lowest BCUT2D eigenvalue weighted by atomic mass is 10.3. The Balaban J connectivity index is 2.91. The van der Waals surface area contributed by atoms with Gasteiger partial charge in [-0.2, -0.15) is 0 Å². The number of carboxylic acids is 1. The monoisotopic (exact) mass is 180 g/mol. The lowest BCUT2D eigenvalue weighted by Gasteiger charge is -2.03. The molecule has 0 aliphatic heterocycles. The number of rotatable bonds is 2. The van der Waals surface area contributed by atoms with Crippen LogP contribution in [0.15, 0.2) is 18.5 Å². The molecule has 0 saturated heterocycles. The lowest BCUT2D eigenvalue weighted by Crippen LogP contribution is -2.22. The van der Waals surface area contributed by atoms with Gasteiger partial charge in [-0.25, -0.2) is 0 Å². The third-order valence-corrected chi connectivity index (χ3v) is 1.21. The third kappa shape index (κ3) is 2.55. The van der Waals surface area contributed by atoms with Crippen LogP contribution in [0.1, 0.15) is 17.3 Å². The Kier molecular flexibility index (Phi) is 2.59. The van der Waals surface area contributed by atoms with Crippen molar-refractivity contribution in [1.29, 1.82) is 0 Å². The number of aromatic carboxylic acids is 1. The van der Waals surface area contributed by atoms with E-state index in [1.165, 1.54) is 19.2 Å². The van der Waals surface area contributed by atoms with Crippen molar-refractivity contribution >= 4 is 11.9 Å². The second kappa shape index (κ2) is 3.66. The number of pyridine rings is 1. The van der Waals surface area contributed by atoms with Crippen molar-refractivity contribution in [2.24, 2.45) is 0 Å². The molecule has 5 heteroatoms. The summed E-state index contributed by atoms with van der Waals surface area (Å²) in [5, 5.41) is 10.3. The molecule has 0 aromatic carbocycles. The van der Waals surface area contributed by atoms with Crippen molar-refractivity contribution in [2.75, 3.05) is 0 Å². The summed E-state index contributed by atoms with van der Waals surface area (Å²) >= 11 is 0. The average molecular weight is 180 g/mol. The second-order valence-electron chi connectivity index (χ2n) is 2.29. The van der Waals surface area contributed by atoms with Crippen LogP contribution in [-0.2, 0) is 4.79 Å². The number of carbonyl (C=O) groups excluding carboxylic acids is 2. The van der Waals surface area contributed by atoms with E-state index < -0.39 is 11.9 Å². The molecular weight excluding hydrogens is 174 g/mol. The fourth-order valence-electron chi connectivity index (χ4n) is 0.752. The molecule has 0 N–H and O–H groups in total. The average Bonchev–Trinajstić information content (AvgIpc) is 2.03. The predicted octanol–water partition coefficient (Wildman–Crippen LogP) is -0.630. The van der Waals surface area contributed by atoms with E-state index in [0.29, 0.717) is 0 Å². The zero-order chi connectivity index (χ0) is 9.84. The van der Waals surface area contributed by atoms with Gasteiger partial charge >= 0.3 is 5.97 Å². The van der Waals surface area contributed by atoms with Gasteiger partial charge in [-0.05, 0) is 6.07 Å². The molecule has 0 spiro atoms. The summed E-state index contributed by atoms with van der Waals surface area (Å²) in [6.07, 6.45) is 2.36. The highest BCUT2D eigenvalue weighted by atomic mass is 16.5. The summed E-state index contributed by atoms with van der Waals surface area (Å²) in [6, 6.07) is 1.17. The van der Waals surface area contributed by atoms with Crippen LogP contribution in [0, 0.1) is 0 Å². The Morgan fingerprint density at radius 1 is 1.46 bits per heavy atom. The first kappa shape index (κ1) is 9.18. The zero-order valence-corrected chi connectivity index (χ0v) is 6.81. The molecule has 0 fully saturated rings. The Labute approximate surface area is 74.0 Å². The summed E-state index contributed by atoms with van der Waals surface area (Å²) in [7, 11) is 0. The number of hydrogen-bond donors (Lipinski definition) is 0. The van der Waals surface area contributed by atoms with Gasteiger partial charge in [0, 0.05) is 18.7 Å². The molecule has 1 heterocycles. The van der Waals surface area contributed by atoms with Crippen molar-refractivity contribution in [2.45, 2.75) is 6.92 Å². The van der Waals surface area contributed by atoms with Gasteiger partial charge in [0.05, 0.1) is 12.2 Å². The lowest BCUT2D eigenvalue weighted by molar-refractivity contribution is -0.255. The largest absolute Gasteiger partial charge is 0.545 e. The Hall–Kier alpha value is -1.91. The van der Waals surface area contributed by atoms with Crippen LogP contribution in [0.25, 0.3) is 0 Å². The smallest absolute Gasteiger partial charge is 0.308 e. The first-order valence-corrected chi connectivity index (χ1v) is 3.44. The number of esters is 1. The van der Waals surface area contributed by atoms with E-state index >= 15 is 0 Å². The van der Waals surface area contributed by atoms with Gasteiger partial charge in [0.15, 0.2) is 0 Å². The Morgan fingerprint density at radius 3 is 2.69 bits per heavy atom. The summed E-state index contributed by atoms with van der Waals surface area (Å²) in [5.74, 6) is -1.80. The van der Waals surface area contributed by atoms with Crippen LogP contribution in [0.4, 0.5) is 0 Å².